The highest BCUT2D eigenvalue weighted by molar-refractivity contribution is 7.98. The second-order valence-electron chi connectivity index (χ2n) is 4.01. The molecule has 1 rings (SSSR count). The molecule has 0 aliphatic rings. The molecule has 1 aromatic carbocycles. The lowest BCUT2D eigenvalue weighted by Crippen LogP contribution is -2.21. The molecule has 0 bridgehead atoms. The summed E-state index contributed by atoms with van der Waals surface area (Å²) >= 11 is 1.70. The third-order valence-corrected chi connectivity index (χ3v) is 3.08. The standard InChI is InChI=1S/C13H20FNOS/c1-3-12(15)7-10-6-11(14)9-13(8-10)16-4-5-17-2/h6,8-9,12H,3-5,7,15H2,1-2H3. The van der Waals surface area contributed by atoms with Crippen LogP contribution >= 0.6 is 11.8 Å². The van der Waals surface area contributed by atoms with Crippen molar-refractivity contribution in [3.63, 3.8) is 0 Å². The predicted octanol–water partition coefficient (Wildman–Crippen LogP) is 2.85. The van der Waals surface area contributed by atoms with Crippen LogP contribution in [0.3, 0.4) is 0 Å². The number of hydrogen-bond acceptors (Lipinski definition) is 3. The minimum Gasteiger partial charge on any atom is -0.493 e. The van der Waals surface area contributed by atoms with Gasteiger partial charge in [0, 0.05) is 17.9 Å². The monoisotopic (exact) mass is 257 g/mol. The van der Waals surface area contributed by atoms with Crippen molar-refractivity contribution in [3.05, 3.63) is 29.6 Å². The van der Waals surface area contributed by atoms with Crippen LogP contribution in [0.4, 0.5) is 4.39 Å². The fourth-order valence-electron chi connectivity index (χ4n) is 1.51. The van der Waals surface area contributed by atoms with Gasteiger partial charge in [0.15, 0.2) is 0 Å². The number of ether oxygens (including phenoxy) is 1. The van der Waals surface area contributed by atoms with Crippen LogP contribution in [0.15, 0.2) is 18.2 Å². The Morgan fingerprint density at radius 1 is 1.41 bits per heavy atom. The van der Waals surface area contributed by atoms with Gasteiger partial charge in [-0.3, -0.25) is 0 Å². The van der Waals surface area contributed by atoms with E-state index in [-0.39, 0.29) is 11.9 Å². The summed E-state index contributed by atoms with van der Waals surface area (Å²) in [5.41, 5.74) is 6.76. The van der Waals surface area contributed by atoms with Gasteiger partial charge in [0.05, 0.1) is 6.61 Å². The molecule has 2 nitrogen and oxygen atoms in total. The molecule has 0 spiro atoms. The lowest BCUT2D eigenvalue weighted by molar-refractivity contribution is 0.341. The first-order chi connectivity index (χ1) is 8.15. The van der Waals surface area contributed by atoms with Gasteiger partial charge in [0.25, 0.3) is 0 Å². The Balaban J connectivity index is 2.65. The van der Waals surface area contributed by atoms with E-state index in [0.29, 0.717) is 18.8 Å². The summed E-state index contributed by atoms with van der Waals surface area (Å²) in [6.45, 7) is 2.63. The Morgan fingerprint density at radius 2 is 2.18 bits per heavy atom. The van der Waals surface area contributed by atoms with Crippen LogP contribution in [-0.2, 0) is 6.42 Å². The van der Waals surface area contributed by atoms with E-state index in [9.17, 15) is 4.39 Å². The topological polar surface area (TPSA) is 35.2 Å². The van der Waals surface area contributed by atoms with E-state index in [2.05, 4.69) is 0 Å². The van der Waals surface area contributed by atoms with Gasteiger partial charge < -0.3 is 10.5 Å². The molecule has 0 aromatic heterocycles. The largest absolute Gasteiger partial charge is 0.493 e. The van der Waals surface area contributed by atoms with Gasteiger partial charge in [-0.1, -0.05) is 6.92 Å². The number of nitrogens with two attached hydrogens (primary N) is 1. The number of hydrogen-bond donors (Lipinski definition) is 1. The van der Waals surface area contributed by atoms with Crippen LogP contribution < -0.4 is 10.5 Å². The summed E-state index contributed by atoms with van der Waals surface area (Å²) in [6.07, 6.45) is 3.59. The number of halogens is 1. The fourth-order valence-corrected chi connectivity index (χ4v) is 1.76. The number of thioether (sulfide) groups is 1. The summed E-state index contributed by atoms with van der Waals surface area (Å²) in [6, 6.07) is 4.90. The van der Waals surface area contributed by atoms with Crippen molar-refractivity contribution in [1.82, 2.24) is 0 Å². The lowest BCUT2D eigenvalue weighted by Gasteiger charge is -2.11. The first-order valence-electron chi connectivity index (χ1n) is 5.82. The highest BCUT2D eigenvalue weighted by Crippen LogP contribution is 2.18. The summed E-state index contributed by atoms with van der Waals surface area (Å²) in [5.74, 6) is 1.24. The molecule has 0 heterocycles. The Labute approximate surface area is 107 Å². The second kappa shape index (κ2) is 7.56. The van der Waals surface area contributed by atoms with Crippen molar-refractivity contribution in [3.8, 4) is 5.75 Å². The number of benzene rings is 1. The van der Waals surface area contributed by atoms with Crippen LogP contribution in [0, 0.1) is 5.82 Å². The van der Waals surface area contributed by atoms with Crippen molar-refractivity contribution < 1.29 is 9.13 Å². The molecule has 0 saturated carbocycles. The fraction of sp³-hybridized carbons (Fsp3) is 0.538. The van der Waals surface area contributed by atoms with Gasteiger partial charge >= 0.3 is 0 Å². The Bertz CT molecular complexity index is 346. The van der Waals surface area contributed by atoms with Crippen LogP contribution in [0.2, 0.25) is 0 Å². The quantitative estimate of drug-likeness (QED) is 0.763. The number of rotatable bonds is 7. The highest BCUT2D eigenvalue weighted by atomic mass is 32.2. The molecule has 0 saturated heterocycles. The molecule has 1 atom stereocenters. The van der Waals surface area contributed by atoms with Crippen molar-refractivity contribution in [2.45, 2.75) is 25.8 Å². The molecule has 96 valence electrons. The predicted molar refractivity (Wildman–Crippen MR) is 72.2 cm³/mol. The van der Waals surface area contributed by atoms with E-state index in [1.807, 2.05) is 19.2 Å². The molecule has 4 heteroatoms. The maximum atomic E-state index is 13.4. The SMILES string of the molecule is CCC(N)Cc1cc(F)cc(OCCSC)c1. The zero-order chi connectivity index (χ0) is 12.7. The zero-order valence-corrected chi connectivity index (χ0v) is 11.2. The van der Waals surface area contributed by atoms with Crippen molar-refractivity contribution in [2.75, 3.05) is 18.6 Å². The van der Waals surface area contributed by atoms with Gasteiger partial charge in [-0.2, -0.15) is 11.8 Å². The van der Waals surface area contributed by atoms with Gasteiger partial charge in [-0.25, -0.2) is 4.39 Å². The Morgan fingerprint density at radius 3 is 2.82 bits per heavy atom. The zero-order valence-electron chi connectivity index (χ0n) is 10.4. The third kappa shape index (κ3) is 5.41. The van der Waals surface area contributed by atoms with Crippen molar-refractivity contribution in [2.24, 2.45) is 5.73 Å². The van der Waals surface area contributed by atoms with E-state index in [1.54, 1.807) is 11.8 Å². The third-order valence-electron chi connectivity index (χ3n) is 2.51. The minimum absolute atomic E-state index is 0.0795. The first-order valence-corrected chi connectivity index (χ1v) is 7.22. The van der Waals surface area contributed by atoms with E-state index >= 15 is 0 Å². The van der Waals surface area contributed by atoms with Crippen LogP contribution in [-0.4, -0.2) is 24.7 Å². The molecular weight excluding hydrogens is 237 g/mol. The van der Waals surface area contributed by atoms with Gasteiger partial charge in [0.1, 0.15) is 11.6 Å². The Hall–Kier alpha value is -0.740. The summed E-state index contributed by atoms with van der Waals surface area (Å²) in [4.78, 5) is 0. The first kappa shape index (κ1) is 14.3. The molecular formula is C13H20FNOS. The van der Waals surface area contributed by atoms with E-state index in [1.165, 1.54) is 12.1 Å². The lowest BCUT2D eigenvalue weighted by atomic mass is 10.0. The summed E-state index contributed by atoms with van der Waals surface area (Å²) < 4.78 is 18.8. The maximum absolute atomic E-state index is 13.4. The molecule has 1 unspecified atom stereocenters. The molecule has 17 heavy (non-hydrogen) atoms. The molecule has 1 aromatic rings. The van der Waals surface area contributed by atoms with Crippen LogP contribution in [0.5, 0.6) is 5.75 Å². The molecule has 0 radical (unpaired) electrons. The van der Waals surface area contributed by atoms with Crippen molar-refractivity contribution >= 4 is 11.8 Å². The van der Waals surface area contributed by atoms with Gasteiger partial charge in [-0.05, 0) is 36.8 Å². The molecule has 0 amide bonds. The average molecular weight is 257 g/mol. The van der Waals surface area contributed by atoms with Crippen LogP contribution in [0.25, 0.3) is 0 Å². The van der Waals surface area contributed by atoms with E-state index in [0.717, 1.165) is 17.7 Å². The molecule has 0 aliphatic heterocycles. The van der Waals surface area contributed by atoms with Crippen molar-refractivity contribution in [1.29, 1.82) is 0 Å². The summed E-state index contributed by atoms with van der Waals surface area (Å²) in [5, 5.41) is 0. The van der Waals surface area contributed by atoms with E-state index < -0.39 is 0 Å². The Kier molecular flexibility index (Phi) is 6.37. The normalized spacial score (nSPS) is 12.5. The van der Waals surface area contributed by atoms with Gasteiger partial charge in [-0.15, -0.1) is 0 Å². The molecule has 0 aliphatic carbocycles. The highest BCUT2D eigenvalue weighted by Gasteiger charge is 2.06. The summed E-state index contributed by atoms with van der Waals surface area (Å²) in [7, 11) is 0. The maximum Gasteiger partial charge on any atom is 0.127 e. The second-order valence-corrected chi connectivity index (χ2v) is 4.99. The van der Waals surface area contributed by atoms with Crippen LogP contribution in [0.1, 0.15) is 18.9 Å². The van der Waals surface area contributed by atoms with Gasteiger partial charge in [0.2, 0.25) is 0 Å². The average Bonchev–Trinajstić information content (AvgIpc) is 2.28. The smallest absolute Gasteiger partial charge is 0.127 e. The minimum atomic E-state index is -0.259. The molecule has 0 fully saturated rings. The molecule has 2 N–H and O–H groups in total. The van der Waals surface area contributed by atoms with E-state index in [4.69, 9.17) is 10.5 Å².